The second-order valence-electron chi connectivity index (χ2n) is 9.80. The molecule has 41 heavy (non-hydrogen) atoms. The molecule has 4 heterocycles. The quantitative estimate of drug-likeness (QED) is 0.318. The highest BCUT2D eigenvalue weighted by Gasteiger charge is 2.27. The molecule has 0 unspecified atom stereocenters. The number of ether oxygens (including phenoxy) is 2. The summed E-state index contributed by atoms with van der Waals surface area (Å²) in [5.74, 6) is 1.71. The fourth-order valence-corrected chi connectivity index (χ4v) is 5.21. The van der Waals surface area contributed by atoms with E-state index in [0.717, 1.165) is 29.9 Å². The monoisotopic (exact) mass is 573 g/mol. The number of aromatic nitrogens is 2. The maximum absolute atomic E-state index is 13.5. The van der Waals surface area contributed by atoms with E-state index in [9.17, 15) is 9.59 Å². The highest BCUT2D eigenvalue weighted by molar-refractivity contribution is 6.33. The molecule has 4 aromatic rings. The average Bonchev–Trinajstić information content (AvgIpc) is 3.64. The van der Waals surface area contributed by atoms with Crippen molar-refractivity contribution >= 4 is 29.2 Å². The summed E-state index contributed by atoms with van der Waals surface area (Å²) in [6.45, 7) is 2.70. The van der Waals surface area contributed by atoms with Crippen molar-refractivity contribution in [3.05, 3.63) is 89.3 Å². The summed E-state index contributed by atoms with van der Waals surface area (Å²) in [6.07, 6.45) is 2.20. The van der Waals surface area contributed by atoms with Crippen LogP contribution >= 0.6 is 11.6 Å². The Hall–Kier alpha value is -4.57. The molecule has 2 amide bonds. The molecular weight excluding hydrogens is 546 g/mol. The van der Waals surface area contributed by atoms with Crippen LogP contribution in [0.2, 0.25) is 5.02 Å². The highest BCUT2D eigenvalue weighted by atomic mass is 35.5. The van der Waals surface area contributed by atoms with Crippen LogP contribution in [0, 0.1) is 0 Å². The summed E-state index contributed by atoms with van der Waals surface area (Å²) < 4.78 is 16.2. The van der Waals surface area contributed by atoms with Gasteiger partial charge in [0.05, 0.1) is 17.0 Å². The molecule has 1 fully saturated rings. The van der Waals surface area contributed by atoms with Crippen molar-refractivity contribution < 1.29 is 23.5 Å². The van der Waals surface area contributed by atoms with E-state index in [4.69, 9.17) is 25.5 Å². The van der Waals surface area contributed by atoms with Gasteiger partial charge in [0, 0.05) is 38.3 Å². The van der Waals surface area contributed by atoms with E-state index >= 15 is 0 Å². The van der Waals surface area contributed by atoms with Crippen LogP contribution in [0.1, 0.15) is 22.5 Å². The summed E-state index contributed by atoms with van der Waals surface area (Å²) in [5.41, 5.74) is 2.35. The zero-order valence-corrected chi connectivity index (χ0v) is 23.0. The lowest BCUT2D eigenvalue weighted by molar-refractivity contribution is -0.131. The van der Waals surface area contributed by atoms with Crippen molar-refractivity contribution in [3.63, 3.8) is 0 Å². The zero-order chi connectivity index (χ0) is 28.2. The van der Waals surface area contributed by atoms with Gasteiger partial charge in [-0.15, -0.1) is 10.2 Å². The number of nitrogens with zero attached hydrogens (tertiary/aromatic N) is 5. The van der Waals surface area contributed by atoms with Crippen molar-refractivity contribution in [2.75, 3.05) is 44.4 Å². The lowest BCUT2D eigenvalue weighted by Crippen LogP contribution is -2.44. The van der Waals surface area contributed by atoms with Gasteiger partial charge >= 0.3 is 0 Å². The van der Waals surface area contributed by atoms with Crippen molar-refractivity contribution in [3.8, 4) is 22.8 Å². The predicted octanol–water partition coefficient (Wildman–Crippen LogP) is 4.50. The van der Waals surface area contributed by atoms with Crippen LogP contribution in [0.5, 0.6) is 11.5 Å². The number of rotatable bonds is 7. The van der Waals surface area contributed by atoms with Crippen molar-refractivity contribution in [2.45, 2.75) is 13.0 Å². The van der Waals surface area contributed by atoms with E-state index in [1.54, 1.807) is 17.0 Å². The molecule has 0 radical (unpaired) electrons. The number of hydrogen-bond donors (Lipinski definition) is 0. The standard InChI is InChI=1S/C30H28ClN5O5/c31-23-6-2-1-5-22(23)24-9-11-28(33-32-24)34-12-4-13-35(15-14-34)29(37)19-36(30(38)26-7-3-16-39-26)18-21-8-10-25-27(17-21)41-20-40-25/h1-3,5-11,16-17H,4,12-15,18-20H2. The summed E-state index contributed by atoms with van der Waals surface area (Å²) in [5, 5.41) is 9.44. The normalized spacial score (nSPS) is 14.6. The molecule has 10 nitrogen and oxygen atoms in total. The maximum Gasteiger partial charge on any atom is 0.290 e. The largest absolute Gasteiger partial charge is 0.459 e. The number of carbonyl (C=O) groups excluding carboxylic acids is 2. The van der Waals surface area contributed by atoms with Gasteiger partial charge in [-0.25, -0.2) is 0 Å². The highest BCUT2D eigenvalue weighted by Crippen LogP contribution is 2.33. The molecule has 0 aliphatic carbocycles. The number of fused-ring (bicyclic) bond motifs is 1. The minimum atomic E-state index is -0.355. The Kier molecular flexibility index (Phi) is 7.73. The van der Waals surface area contributed by atoms with Gasteiger partial charge in [-0.2, -0.15) is 0 Å². The topological polar surface area (TPSA) is 101 Å². The number of benzene rings is 2. The fraction of sp³-hybridized carbons (Fsp3) is 0.267. The third kappa shape index (κ3) is 5.97. The number of carbonyl (C=O) groups is 2. The molecule has 2 aromatic heterocycles. The lowest BCUT2D eigenvalue weighted by atomic mass is 10.1. The molecule has 2 aliphatic rings. The van der Waals surface area contributed by atoms with Gasteiger partial charge in [-0.1, -0.05) is 35.9 Å². The van der Waals surface area contributed by atoms with Crippen LogP contribution in [0.15, 0.2) is 77.4 Å². The first-order chi connectivity index (χ1) is 20.0. The molecule has 6 rings (SSSR count). The number of halogens is 1. The second kappa shape index (κ2) is 11.9. The Labute approximate surface area is 242 Å². The Balaban J connectivity index is 1.12. The van der Waals surface area contributed by atoms with Crippen LogP contribution in [-0.2, 0) is 11.3 Å². The van der Waals surface area contributed by atoms with Crippen molar-refractivity contribution in [1.29, 1.82) is 0 Å². The zero-order valence-electron chi connectivity index (χ0n) is 22.2. The smallest absolute Gasteiger partial charge is 0.290 e. The molecular formula is C30H28ClN5O5. The first kappa shape index (κ1) is 26.6. The third-order valence-corrected chi connectivity index (χ3v) is 7.46. The van der Waals surface area contributed by atoms with Crippen molar-refractivity contribution in [2.24, 2.45) is 0 Å². The Morgan fingerprint density at radius 3 is 2.59 bits per heavy atom. The number of hydrogen-bond acceptors (Lipinski definition) is 8. The second-order valence-corrected chi connectivity index (χ2v) is 10.2. The van der Waals surface area contributed by atoms with Gasteiger partial charge in [0.1, 0.15) is 6.54 Å². The molecule has 0 N–H and O–H groups in total. The van der Waals surface area contributed by atoms with Crippen LogP contribution in [0.3, 0.4) is 0 Å². The van der Waals surface area contributed by atoms with Crippen LogP contribution in [0.25, 0.3) is 11.3 Å². The molecule has 0 atom stereocenters. The van der Waals surface area contributed by atoms with E-state index in [1.165, 1.54) is 11.2 Å². The number of furan rings is 1. The SMILES string of the molecule is O=C(CN(Cc1ccc2c(c1)OCO2)C(=O)c1ccco1)N1CCCN(c2ccc(-c3ccccc3Cl)nn2)CC1. The van der Waals surface area contributed by atoms with Crippen molar-refractivity contribution in [1.82, 2.24) is 20.0 Å². The molecule has 11 heteroatoms. The number of anilines is 1. The van der Waals surface area contributed by atoms with Crippen LogP contribution in [-0.4, -0.2) is 71.3 Å². The van der Waals surface area contributed by atoms with E-state index in [-0.39, 0.29) is 37.5 Å². The Morgan fingerprint density at radius 2 is 1.78 bits per heavy atom. The minimum absolute atomic E-state index is 0.0830. The van der Waals surface area contributed by atoms with E-state index in [0.29, 0.717) is 41.8 Å². The summed E-state index contributed by atoms with van der Waals surface area (Å²) in [6, 6.07) is 20.1. The third-order valence-electron chi connectivity index (χ3n) is 7.13. The Morgan fingerprint density at radius 1 is 0.902 bits per heavy atom. The summed E-state index contributed by atoms with van der Waals surface area (Å²) >= 11 is 6.31. The summed E-state index contributed by atoms with van der Waals surface area (Å²) in [4.78, 5) is 32.2. The first-order valence-corrected chi connectivity index (χ1v) is 13.8. The van der Waals surface area contributed by atoms with Crippen LogP contribution < -0.4 is 14.4 Å². The molecule has 2 aromatic carbocycles. The van der Waals surface area contributed by atoms with Gasteiger partial charge in [0.2, 0.25) is 12.7 Å². The molecule has 2 aliphatic heterocycles. The van der Waals surface area contributed by atoms with E-state index in [1.807, 2.05) is 54.6 Å². The minimum Gasteiger partial charge on any atom is -0.459 e. The van der Waals surface area contributed by atoms with Gasteiger partial charge in [-0.3, -0.25) is 9.59 Å². The lowest BCUT2D eigenvalue weighted by Gasteiger charge is -2.27. The van der Waals surface area contributed by atoms with E-state index in [2.05, 4.69) is 15.1 Å². The fourth-order valence-electron chi connectivity index (χ4n) is 4.98. The maximum atomic E-state index is 13.5. The van der Waals surface area contributed by atoms with Crippen LogP contribution in [0.4, 0.5) is 5.82 Å². The predicted molar refractivity (Wildman–Crippen MR) is 152 cm³/mol. The first-order valence-electron chi connectivity index (χ1n) is 13.4. The van der Waals surface area contributed by atoms with Gasteiger partial charge in [0.15, 0.2) is 23.1 Å². The summed E-state index contributed by atoms with van der Waals surface area (Å²) in [7, 11) is 0. The van der Waals surface area contributed by atoms with Gasteiger partial charge in [0.25, 0.3) is 5.91 Å². The van der Waals surface area contributed by atoms with E-state index < -0.39 is 0 Å². The molecule has 1 saturated heterocycles. The molecule has 210 valence electrons. The average molecular weight is 574 g/mol. The molecule has 0 spiro atoms. The number of amides is 2. The van der Waals surface area contributed by atoms with Gasteiger partial charge in [-0.05, 0) is 54.4 Å². The molecule has 0 saturated carbocycles. The molecule has 0 bridgehead atoms. The van der Waals surface area contributed by atoms with Gasteiger partial charge < -0.3 is 28.6 Å². The Bertz CT molecular complexity index is 1530.